The monoisotopic (exact) mass is 559 g/mol. The summed E-state index contributed by atoms with van der Waals surface area (Å²) >= 11 is 5.81. The summed E-state index contributed by atoms with van der Waals surface area (Å²) in [6.07, 6.45) is -5.08. The summed E-state index contributed by atoms with van der Waals surface area (Å²) in [5, 5.41) is 10.4. The first-order chi connectivity index (χ1) is 17.7. The highest BCUT2D eigenvalue weighted by Crippen LogP contribution is 2.39. The third kappa shape index (κ3) is 6.05. The molecule has 0 radical (unpaired) electrons. The van der Waals surface area contributed by atoms with E-state index in [-0.39, 0.29) is 23.3 Å². The fourth-order valence-electron chi connectivity index (χ4n) is 3.93. The van der Waals surface area contributed by atoms with Gasteiger partial charge < -0.3 is 25.6 Å². The van der Waals surface area contributed by atoms with E-state index in [0.29, 0.717) is 41.7 Å². The predicted molar refractivity (Wildman–Crippen MR) is 130 cm³/mol. The first kappa shape index (κ1) is 28.9. The number of nitrogens with one attached hydrogen (secondary N) is 1. The lowest BCUT2D eigenvalue weighted by Gasteiger charge is -2.42. The molecule has 3 aromatic rings. The number of alkyl halides is 3. The molecule has 4 N–H and O–H groups in total. The zero-order chi connectivity index (χ0) is 28.4. The molecule has 2 aromatic carbocycles. The van der Waals surface area contributed by atoms with Gasteiger partial charge in [0.1, 0.15) is 29.0 Å². The number of carbonyl (C=O) groups excluding carboxylic acids is 1. The second kappa shape index (κ2) is 11.0. The molecule has 8 nitrogen and oxygen atoms in total. The van der Waals surface area contributed by atoms with Gasteiger partial charge in [-0.2, -0.15) is 13.2 Å². The van der Waals surface area contributed by atoms with Gasteiger partial charge in [0.25, 0.3) is 0 Å². The lowest BCUT2D eigenvalue weighted by atomic mass is 9.99. The lowest BCUT2D eigenvalue weighted by Crippen LogP contribution is -2.53. The maximum Gasteiger partial charge on any atom is 0.490 e. The summed E-state index contributed by atoms with van der Waals surface area (Å²) in [6.45, 7) is 4.62. The molecule has 0 atom stereocenters. The summed E-state index contributed by atoms with van der Waals surface area (Å²) in [4.78, 5) is 27.8. The minimum Gasteiger partial charge on any atom is -0.475 e. The molecular weight excluding hydrogens is 537 g/mol. The fourth-order valence-corrected chi connectivity index (χ4v) is 4.05. The average molecular weight is 560 g/mol. The van der Waals surface area contributed by atoms with E-state index in [1.165, 1.54) is 24.3 Å². The van der Waals surface area contributed by atoms with Gasteiger partial charge in [0.15, 0.2) is 0 Å². The van der Waals surface area contributed by atoms with Crippen molar-refractivity contribution >= 4 is 35.0 Å². The van der Waals surface area contributed by atoms with Crippen molar-refractivity contribution in [2.75, 3.05) is 18.4 Å². The van der Waals surface area contributed by atoms with Crippen LogP contribution in [0.3, 0.4) is 0 Å². The molecule has 1 amide bonds. The third-order valence-electron chi connectivity index (χ3n) is 5.75. The predicted octanol–water partition coefficient (Wildman–Crippen LogP) is 4.89. The van der Waals surface area contributed by atoms with E-state index in [4.69, 9.17) is 32.2 Å². The summed E-state index contributed by atoms with van der Waals surface area (Å²) in [5.74, 6) is -2.56. The normalized spacial score (nSPS) is 14.3. The van der Waals surface area contributed by atoms with E-state index < -0.39 is 23.5 Å². The molecule has 0 bridgehead atoms. The van der Waals surface area contributed by atoms with Crippen molar-refractivity contribution in [1.82, 2.24) is 14.5 Å². The summed E-state index contributed by atoms with van der Waals surface area (Å²) in [6, 6.07) is 10.4. The third-order valence-corrected chi connectivity index (χ3v) is 6.06. The minimum absolute atomic E-state index is 0.0247. The Labute approximate surface area is 218 Å². The SMILES string of the molecule is CC1(C)c2nc(-c3ccc(F)cc3)c(Nc3ccc(Cl)c(F)c3)n2CCN1C(=O)CN.O=C(O)C(F)(F)F. The number of nitrogens with two attached hydrogens (primary N) is 1. The molecule has 0 spiro atoms. The molecule has 1 aromatic heterocycles. The molecule has 1 aliphatic heterocycles. The molecule has 204 valence electrons. The number of hydrogen-bond acceptors (Lipinski definition) is 5. The van der Waals surface area contributed by atoms with Gasteiger partial charge in [-0.15, -0.1) is 0 Å². The Bertz CT molecular complexity index is 1340. The molecule has 1 aliphatic rings. The van der Waals surface area contributed by atoms with Gasteiger partial charge in [0.05, 0.1) is 17.1 Å². The highest BCUT2D eigenvalue weighted by atomic mass is 35.5. The van der Waals surface area contributed by atoms with Crippen molar-refractivity contribution in [3.63, 3.8) is 0 Å². The number of anilines is 2. The number of imidazole rings is 1. The molecule has 0 unspecified atom stereocenters. The van der Waals surface area contributed by atoms with Crippen LogP contribution in [0.15, 0.2) is 42.5 Å². The van der Waals surface area contributed by atoms with Gasteiger partial charge >= 0.3 is 12.1 Å². The van der Waals surface area contributed by atoms with Gasteiger partial charge in [-0.25, -0.2) is 18.6 Å². The summed E-state index contributed by atoms with van der Waals surface area (Å²) < 4.78 is 61.2. The Morgan fingerprint density at radius 1 is 1.13 bits per heavy atom. The zero-order valence-corrected chi connectivity index (χ0v) is 20.9. The van der Waals surface area contributed by atoms with Gasteiger partial charge in [0.2, 0.25) is 5.91 Å². The Morgan fingerprint density at radius 3 is 2.26 bits per heavy atom. The van der Waals surface area contributed by atoms with Crippen LogP contribution in [0.1, 0.15) is 19.7 Å². The van der Waals surface area contributed by atoms with Crippen molar-refractivity contribution in [3.05, 3.63) is 64.9 Å². The maximum atomic E-state index is 14.0. The first-order valence-electron chi connectivity index (χ1n) is 11.1. The molecule has 0 aliphatic carbocycles. The molecule has 0 saturated heterocycles. The number of amides is 1. The van der Waals surface area contributed by atoms with E-state index in [9.17, 15) is 26.7 Å². The molecule has 0 fully saturated rings. The van der Waals surface area contributed by atoms with Crippen LogP contribution < -0.4 is 11.1 Å². The highest BCUT2D eigenvalue weighted by molar-refractivity contribution is 6.30. The van der Waals surface area contributed by atoms with Gasteiger partial charge in [0, 0.05) is 24.3 Å². The van der Waals surface area contributed by atoms with Crippen molar-refractivity contribution < 1.29 is 36.6 Å². The average Bonchev–Trinajstić information content (AvgIpc) is 3.21. The van der Waals surface area contributed by atoms with Gasteiger partial charge in [-0.3, -0.25) is 4.79 Å². The van der Waals surface area contributed by atoms with Crippen molar-refractivity contribution in [2.24, 2.45) is 5.73 Å². The molecule has 14 heteroatoms. The van der Waals surface area contributed by atoms with Crippen LogP contribution in [0.4, 0.5) is 33.5 Å². The second-order valence-electron chi connectivity index (χ2n) is 8.66. The molecule has 0 saturated carbocycles. The number of carboxylic acid groups (broad SMARTS) is 1. The Kier molecular flexibility index (Phi) is 8.32. The van der Waals surface area contributed by atoms with Crippen LogP contribution >= 0.6 is 11.6 Å². The van der Waals surface area contributed by atoms with E-state index in [1.54, 1.807) is 23.1 Å². The van der Waals surface area contributed by atoms with E-state index >= 15 is 0 Å². The van der Waals surface area contributed by atoms with Crippen LogP contribution in [-0.4, -0.2) is 50.7 Å². The Hall–Kier alpha value is -3.71. The lowest BCUT2D eigenvalue weighted by molar-refractivity contribution is -0.192. The standard InChI is InChI=1S/C22H22ClF2N5O.C2HF3O2/c1-22(2)21-28-19(13-3-5-14(24)6-4-13)20(27-15-7-8-16(23)17(25)11-15)29(21)9-10-30(22)18(31)12-26;3-2(4,5)1(6)7/h3-8,11,27H,9-10,12,26H2,1-2H3;(H,6,7). The fraction of sp³-hybridized carbons (Fsp3) is 0.292. The largest absolute Gasteiger partial charge is 0.490 e. The minimum atomic E-state index is -5.08. The summed E-state index contributed by atoms with van der Waals surface area (Å²) in [5.41, 5.74) is 6.62. The second-order valence-corrected chi connectivity index (χ2v) is 9.06. The number of aliphatic carboxylic acids is 1. The molecule has 4 rings (SSSR count). The van der Waals surface area contributed by atoms with E-state index in [1.807, 2.05) is 18.4 Å². The maximum absolute atomic E-state index is 14.0. The number of hydrogen-bond donors (Lipinski definition) is 3. The molecular formula is C24H23ClF5N5O3. The molecule has 2 heterocycles. The summed E-state index contributed by atoms with van der Waals surface area (Å²) in [7, 11) is 0. The quantitative estimate of drug-likeness (QED) is 0.392. The van der Waals surface area contributed by atoms with Gasteiger partial charge in [-0.1, -0.05) is 11.6 Å². The Balaban J connectivity index is 0.000000505. The number of rotatable bonds is 4. The highest BCUT2D eigenvalue weighted by Gasteiger charge is 2.41. The number of carbonyl (C=O) groups is 2. The molecule has 38 heavy (non-hydrogen) atoms. The number of aromatic nitrogens is 2. The van der Waals surface area contributed by atoms with Gasteiger partial charge in [-0.05, 0) is 56.3 Å². The van der Waals surface area contributed by atoms with Crippen LogP contribution in [-0.2, 0) is 21.7 Å². The number of nitrogens with zero attached hydrogens (tertiary/aromatic N) is 3. The number of carboxylic acids is 1. The van der Waals surface area contributed by atoms with Crippen LogP contribution in [0.5, 0.6) is 0 Å². The van der Waals surface area contributed by atoms with Crippen LogP contribution in [0.2, 0.25) is 5.02 Å². The van der Waals surface area contributed by atoms with E-state index in [0.717, 1.165) is 0 Å². The van der Waals surface area contributed by atoms with Crippen molar-refractivity contribution in [3.8, 4) is 11.3 Å². The smallest absolute Gasteiger partial charge is 0.475 e. The number of halogens is 6. The first-order valence-corrected chi connectivity index (χ1v) is 11.4. The van der Waals surface area contributed by atoms with E-state index in [2.05, 4.69) is 5.32 Å². The topological polar surface area (TPSA) is 113 Å². The van der Waals surface area contributed by atoms with Crippen LogP contribution in [0, 0.1) is 11.6 Å². The number of fused-ring (bicyclic) bond motifs is 1. The van der Waals surface area contributed by atoms with Crippen molar-refractivity contribution in [2.45, 2.75) is 32.1 Å². The number of benzene rings is 2. The van der Waals surface area contributed by atoms with Crippen molar-refractivity contribution in [1.29, 1.82) is 0 Å². The zero-order valence-electron chi connectivity index (χ0n) is 20.1. The van der Waals surface area contributed by atoms with Crippen LogP contribution in [0.25, 0.3) is 11.3 Å². The Morgan fingerprint density at radius 2 is 1.74 bits per heavy atom.